The Kier molecular flexibility index (Phi) is 37.7. The van der Waals surface area contributed by atoms with E-state index in [4.69, 9.17) is 28.4 Å². The molecule has 15 nitrogen and oxygen atoms in total. The number of esters is 2. The van der Waals surface area contributed by atoms with Crippen molar-refractivity contribution in [1.29, 1.82) is 0 Å². The van der Waals surface area contributed by atoms with Crippen LogP contribution >= 0.6 is 0 Å². The molecule has 0 amide bonds. The summed E-state index contributed by atoms with van der Waals surface area (Å²) in [4.78, 5) is 25.8. The van der Waals surface area contributed by atoms with Crippen LogP contribution in [0.1, 0.15) is 181 Å². The van der Waals surface area contributed by atoms with E-state index in [1.807, 2.05) is 36.5 Å². The summed E-state index contributed by atoms with van der Waals surface area (Å²) in [5.74, 6) is -0.955. The molecule has 2 aliphatic rings. The lowest BCUT2D eigenvalue weighted by molar-refractivity contribution is -0.332. The first-order valence-electron chi connectivity index (χ1n) is 26.9. The Morgan fingerprint density at radius 1 is 0.471 bits per heavy atom. The number of aliphatic hydroxyl groups excluding tert-OH is 7. The van der Waals surface area contributed by atoms with Gasteiger partial charge in [-0.25, -0.2) is 0 Å². The van der Waals surface area contributed by atoms with Crippen LogP contribution in [0.25, 0.3) is 0 Å². The SMILES string of the molecule is CC/C=C/C=C/C=C/C=C/CCCCCCCC(=O)O[C@@H](COC(=O)CCCCCCCCCCC/C=C/CCCCCCCC)CO[C@@H]1O[C@H](CO[C@@H]2O[C@H](CO)[C@H](O)C(O)C2O)[C@H](O)C(O)C1O. The molecule has 0 aromatic carbocycles. The molecule has 0 spiro atoms. The van der Waals surface area contributed by atoms with Gasteiger partial charge in [0.15, 0.2) is 18.7 Å². The summed E-state index contributed by atoms with van der Waals surface area (Å²) in [5.41, 5.74) is 0. The number of carbonyl (C=O) groups excluding carboxylic acids is 2. The Bertz CT molecular complexity index is 1450. The van der Waals surface area contributed by atoms with Gasteiger partial charge in [-0.3, -0.25) is 9.59 Å². The minimum atomic E-state index is -1.77. The molecule has 2 aliphatic heterocycles. The summed E-state index contributed by atoms with van der Waals surface area (Å²) in [6.07, 6.45) is 31.0. The highest BCUT2D eigenvalue weighted by Crippen LogP contribution is 2.26. The standard InChI is InChI=1S/C55H94O15/c1-3-5-7-9-11-13-15-17-19-20-21-22-24-25-27-29-31-33-35-37-46(57)65-40-43(68-47(58)38-36-34-32-30-28-26-23-18-16-14-12-10-8-6-4-2)41-66-54-53(64)51(62)49(60)45(70-54)42-67-55-52(63)50(61)48(59)44(39-56)69-55/h6,8,10,12,14,16-19,23,43-45,48-56,59-64H,3-5,7,9,11,13,15,20-22,24-42H2,1-2H3/b8-6+,12-10+,16-14+,19-17+,23-18+/t43-,44+,45+,48-,49-,50?,51?,52?,53?,54+,55+/m0/s1. The third-order valence-corrected chi connectivity index (χ3v) is 12.6. The Morgan fingerprint density at radius 3 is 1.46 bits per heavy atom. The lowest BCUT2D eigenvalue weighted by Crippen LogP contribution is -2.61. The van der Waals surface area contributed by atoms with E-state index in [-0.39, 0.29) is 19.4 Å². The first-order chi connectivity index (χ1) is 34.0. The minimum absolute atomic E-state index is 0.137. The number of unbranched alkanes of at least 4 members (excludes halogenated alkanes) is 20. The number of hydrogen-bond acceptors (Lipinski definition) is 15. The second-order valence-corrected chi connectivity index (χ2v) is 18.8. The van der Waals surface area contributed by atoms with Crippen molar-refractivity contribution in [2.45, 2.75) is 248 Å². The van der Waals surface area contributed by atoms with Crippen LogP contribution in [0.2, 0.25) is 0 Å². The van der Waals surface area contributed by atoms with Crippen molar-refractivity contribution < 1.29 is 73.8 Å². The third kappa shape index (κ3) is 29.0. The van der Waals surface area contributed by atoms with E-state index in [0.29, 0.717) is 12.8 Å². The maximum absolute atomic E-state index is 13.0. The van der Waals surface area contributed by atoms with Crippen molar-refractivity contribution in [3.63, 3.8) is 0 Å². The van der Waals surface area contributed by atoms with Gasteiger partial charge in [-0.2, -0.15) is 0 Å². The van der Waals surface area contributed by atoms with Crippen LogP contribution < -0.4 is 0 Å². The first kappa shape index (κ1) is 63.3. The van der Waals surface area contributed by atoms with Crippen LogP contribution in [0.15, 0.2) is 60.8 Å². The number of hydrogen-bond donors (Lipinski definition) is 7. The fraction of sp³-hybridized carbons (Fsp3) is 0.782. The number of carbonyl (C=O) groups is 2. The summed E-state index contributed by atoms with van der Waals surface area (Å²) in [5, 5.41) is 72.1. The molecule has 2 rings (SSSR count). The predicted octanol–water partition coefficient (Wildman–Crippen LogP) is 8.05. The van der Waals surface area contributed by atoms with E-state index in [2.05, 4.69) is 38.2 Å². The second kappa shape index (κ2) is 41.6. The molecule has 2 saturated heterocycles. The van der Waals surface area contributed by atoms with E-state index < -0.39 is 99.3 Å². The fourth-order valence-corrected chi connectivity index (χ4v) is 8.16. The van der Waals surface area contributed by atoms with Crippen LogP contribution in [-0.2, 0) is 38.0 Å². The van der Waals surface area contributed by atoms with Crippen LogP contribution in [0.3, 0.4) is 0 Å². The molecular weight excluding hydrogens is 901 g/mol. The van der Waals surface area contributed by atoms with E-state index in [1.54, 1.807) is 0 Å². The average Bonchev–Trinajstić information content (AvgIpc) is 3.35. The maximum atomic E-state index is 13.0. The Balaban J connectivity index is 1.79. The summed E-state index contributed by atoms with van der Waals surface area (Å²) >= 11 is 0. The zero-order valence-corrected chi connectivity index (χ0v) is 42.7. The van der Waals surface area contributed by atoms with Gasteiger partial charge in [0.25, 0.3) is 0 Å². The van der Waals surface area contributed by atoms with Gasteiger partial charge < -0.3 is 64.2 Å². The topological polar surface area (TPSA) is 231 Å². The Hall–Kier alpha value is -2.80. The molecule has 404 valence electrons. The van der Waals surface area contributed by atoms with Crippen molar-refractivity contribution in [3.05, 3.63) is 60.8 Å². The highest BCUT2D eigenvalue weighted by Gasteiger charge is 2.47. The molecular formula is C55H94O15. The van der Waals surface area contributed by atoms with E-state index in [0.717, 1.165) is 57.8 Å². The van der Waals surface area contributed by atoms with Crippen LogP contribution in [-0.4, -0.2) is 142 Å². The Labute approximate surface area is 420 Å². The second-order valence-electron chi connectivity index (χ2n) is 18.8. The number of rotatable bonds is 41. The highest BCUT2D eigenvalue weighted by molar-refractivity contribution is 5.70. The molecule has 0 aliphatic carbocycles. The summed E-state index contributed by atoms with van der Waals surface area (Å²) in [6, 6.07) is 0. The zero-order valence-electron chi connectivity index (χ0n) is 42.7. The van der Waals surface area contributed by atoms with Gasteiger partial charge in [-0.15, -0.1) is 0 Å². The molecule has 0 radical (unpaired) electrons. The molecule has 7 N–H and O–H groups in total. The van der Waals surface area contributed by atoms with Crippen LogP contribution in [0, 0.1) is 0 Å². The molecule has 0 aromatic rings. The van der Waals surface area contributed by atoms with Crippen molar-refractivity contribution in [2.75, 3.05) is 26.4 Å². The van der Waals surface area contributed by atoms with Gasteiger partial charge in [0.05, 0.1) is 19.8 Å². The van der Waals surface area contributed by atoms with Crippen LogP contribution in [0.5, 0.6) is 0 Å². The number of allylic oxidation sites excluding steroid dienone is 10. The molecule has 4 unspecified atom stereocenters. The molecule has 2 fully saturated rings. The van der Waals surface area contributed by atoms with Gasteiger partial charge in [-0.05, 0) is 57.8 Å². The van der Waals surface area contributed by atoms with E-state index >= 15 is 0 Å². The molecule has 0 saturated carbocycles. The van der Waals surface area contributed by atoms with E-state index in [1.165, 1.54) is 83.5 Å². The third-order valence-electron chi connectivity index (χ3n) is 12.6. The highest BCUT2D eigenvalue weighted by atomic mass is 16.7. The van der Waals surface area contributed by atoms with Crippen LogP contribution in [0.4, 0.5) is 0 Å². The zero-order chi connectivity index (χ0) is 51.0. The van der Waals surface area contributed by atoms with Crippen molar-refractivity contribution in [2.24, 2.45) is 0 Å². The van der Waals surface area contributed by atoms with Crippen molar-refractivity contribution >= 4 is 11.9 Å². The quantitative estimate of drug-likeness (QED) is 0.0133. The molecule has 15 heteroatoms. The van der Waals surface area contributed by atoms with Gasteiger partial charge in [0.2, 0.25) is 0 Å². The van der Waals surface area contributed by atoms with Gasteiger partial charge in [-0.1, -0.05) is 171 Å². The number of ether oxygens (including phenoxy) is 6. The average molecular weight is 995 g/mol. The molecule has 0 bridgehead atoms. The number of aliphatic hydroxyl groups is 7. The predicted molar refractivity (Wildman–Crippen MR) is 270 cm³/mol. The summed E-state index contributed by atoms with van der Waals surface area (Å²) in [6.45, 7) is 2.42. The smallest absolute Gasteiger partial charge is 0.306 e. The summed E-state index contributed by atoms with van der Waals surface area (Å²) < 4.78 is 33.6. The van der Waals surface area contributed by atoms with E-state index in [9.17, 15) is 45.3 Å². The molecule has 2 heterocycles. The Morgan fingerprint density at radius 2 is 0.914 bits per heavy atom. The molecule has 0 aromatic heterocycles. The first-order valence-corrected chi connectivity index (χ1v) is 26.9. The molecule has 70 heavy (non-hydrogen) atoms. The normalized spacial score (nSPS) is 25.8. The largest absolute Gasteiger partial charge is 0.462 e. The van der Waals surface area contributed by atoms with Crippen molar-refractivity contribution in [3.8, 4) is 0 Å². The van der Waals surface area contributed by atoms with Gasteiger partial charge in [0, 0.05) is 12.8 Å². The minimum Gasteiger partial charge on any atom is -0.462 e. The lowest BCUT2D eigenvalue weighted by atomic mass is 9.98. The van der Waals surface area contributed by atoms with Gasteiger partial charge in [0.1, 0.15) is 55.4 Å². The maximum Gasteiger partial charge on any atom is 0.306 e. The summed E-state index contributed by atoms with van der Waals surface area (Å²) in [7, 11) is 0. The molecule has 11 atom stereocenters. The van der Waals surface area contributed by atoms with Gasteiger partial charge >= 0.3 is 11.9 Å². The fourth-order valence-electron chi connectivity index (χ4n) is 8.16. The monoisotopic (exact) mass is 995 g/mol. The lowest BCUT2D eigenvalue weighted by Gasteiger charge is -2.42. The van der Waals surface area contributed by atoms with Crippen molar-refractivity contribution in [1.82, 2.24) is 0 Å².